The third kappa shape index (κ3) is 60.1. The first-order valence-electron chi connectivity index (χ1n) is 41.5. The van der Waals surface area contributed by atoms with E-state index in [1.807, 2.05) is 6.08 Å². The van der Waals surface area contributed by atoms with E-state index in [9.17, 15) is 35.1 Å². The number of hydrogen-bond donors (Lipinski definition) is 6. The second-order valence-electron chi connectivity index (χ2n) is 29.2. The highest BCUT2D eigenvalue weighted by Gasteiger charge is 2.44. The molecule has 11 nitrogen and oxygen atoms in total. The van der Waals surface area contributed by atoms with Crippen LogP contribution in [0.4, 0.5) is 0 Å². The molecule has 1 saturated heterocycles. The first-order valence-corrected chi connectivity index (χ1v) is 41.5. The molecule has 552 valence electrons. The highest BCUT2D eigenvalue weighted by molar-refractivity contribution is 5.76. The Bertz CT molecular complexity index is 1550. The number of esters is 1. The van der Waals surface area contributed by atoms with Crippen LogP contribution in [-0.2, 0) is 23.8 Å². The number of ether oxygens (including phenoxy) is 3. The maximum Gasteiger partial charge on any atom is 0.305 e. The molecule has 1 rings (SSSR count). The molecule has 0 bridgehead atoms. The van der Waals surface area contributed by atoms with E-state index in [0.717, 1.165) is 51.4 Å². The number of nitrogens with one attached hydrogen (secondary N) is 1. The fourth-order valence-electron chi connectivity index (χ4n) is 13.7. The van der Waals surface area contributed by atoms with Crippen LogP contribution >= 0.6 is 0 Å². The van der Waals surface area contributed by atoms with Crippen molar-refractivity contribution < 1.29 is 49.3 Å². The van der Waals surface area contributed by atoms with Crippen LogP contribution in [0, 0.1) is 0 Å². The number of hydrogen-bond acceptors (Lipinski definition) is 10. The summed E-state index contributed by atoms with van der Waals surface area (Å²) in [5, 5.41) is 54.4. The van der Waals surface area contributed by atoms with Gasteiger partial charge in [0.1, 0.15) is 24.4 Å². The zero-order chi connectivity index (χ0) is 67.2. The van der Waals surface area contributed by atoms with Crippen molar-refractivity contribution in [1.29, 1.82) is 0 Å². The lowest BCUT2D eigenvalue weighted by Gasteiger charge is -2.40. The minimum absolute atomic E-state index is 0.0235. The fourth-order valence-corrected chi connectivity index (χ4v) is 13.7. The number of aliphatic hydroxyl groups excluding tert-OH is 5. The highest BCUT2D eigenvalue weighted by Crippen LogP contribution is 2.24. The van der Waals surface area contributed by atoms with Gasteiger partial charge >= 0.3 is 5.97 Å². The number of allylic oxidation sites excluding steroid dienone is 1. The van der Waals surface area contributed by atoms with Gasteiger partial charge in [0.05, 0.1) is 32.0 Å². The zero-order valence-electron chi connectivity index (χ0n) is 61.8. The molecule has 1 aliphatic rings. The van der Waals surface area contributed by atoms with E-state index in [0.29, 0.717) is 19.4 Å². The summed E-state index contributed by atoms with van der Waals surface area (Å²) in [6.07, 6.45) is 81.5. The Kier molecular flexibility index (Phi) is 68.9. The third-order valence-corrected chi connectivity index (χ3v) is 20.2. The van der Waals surface area contributed by atoms with Gasteiger partial charge < -0.3 is 45.1 Å². The summed E-state index contributed by atoms with van der Waals surface area (Å²) in [5.41, 5.74) is 0. The van der Waals surface area contributed by atoms with Crippen LogP contribution in [0.2, 0.25) is 0 Å². The number of carbonyl (C=O) groups is 2. The number of amides is 1. The minimum Gasteiger partial charge on any atom is -0.466 e. The van der Waals surface area contributed by atoms with Crippen molar-refractivity contribution >= 4 is 11.9 Å². The smallest absolute Gasteiger partial charge is 0.305 e. The SMILES string of the molecule is CCCCCCCCC/C=C/C(O)C(COC1OC(CO)C(O)C(O)C1O)NC(=O)CCCCCCCCCCCCCCCCCCCCCCCCCCCCCCCCCCCCCCCCCOC(=O)CCCCCCCCCCCCCCCCCCC. The van der Waals surface area contributed by atoms with Gasteiger partial charge in [0, 0.05) is 12.8 Å². The predicted octanol–water partition coefficient (Wildman–Crippen LogP) is 22.5. The van der Waals surface area contributed by atoms with Crippen LogP contribution in [0.1, 0.15) is 438 Å². The number of unbranched alkanes of at least 4 members (excludes halogenated alkanes) is 61. The van der Waals surface area contributed by atoms with Crippen molar-refractivity contribution in [2.75, 3.05) is 19.8 Å². The number of aliphatic hydroxyl groups is 5. The van der Waals surface area contributed by atoms with Crippen LogP contribution in [0.3, 0.4) is 0 Å². The first-order chi connectivity index (χ1) is 45.7. The molecule has 1 fully saturated rings. The van der Waals surface area contributed by atoms with E-state index in [1.54, 1.807) is 6.08 Å². The first kappa shape index (κ1) is 89.4. The molecule has 11 heteroatoms. The van der Waals surface area contributed by atoms with E-state index < -0.39 is 49.5 Å². The number of rotatable bonds is 75. The lowest BCUT2D eigenvalue weighted by molar-refractivity contribution is -0.302. The van der Waals surface area contributed by atoms with Gasteiger partial charge in [-0.2, -0.15) is 0 Å². The third-order valence-electron chi connectivity index (χ3n) is 20.2. The Morgan fingerprint density at radius 2 is 0.677 bits per heavy atom. The topological polar surface area (TPSA) is 175 Å². The van der Waals surface area contributed by atoms with Crippen LogP contribution in [0.5, 0.6) is 0 Å². The molecule has 1 amide bonds. The van der Waals surface area contributed by atoms with Crippen molar-refractivity contribution in [2.45, 2.75) is 480 Å². The lowest BCUT2D eigenvalue weighted by Crippen LogP contribution is -2.60. The second kappa shape index (κ2) is 71.7. The molecule has 0 aromatic heterocycles. The maximum atomic E-state index is 13.0. The quantitative estimate of drug-likeness (QED) is 0.0195. The second-order valence-corrected chi connectivity index (χ2v) is 29.2. The van der Waals surface area contributed by atoms with Crippen molar-refractivity contribution in [2.24, 2.45) is 0 Å². The fraction of sp³-hybridized carbons (Fsp3) is 0.951. The molecule has 6 N–H and O–H groups in total. The van der Waals surface area contributed by atoms with E-state index in [-0.39, 0.29) is 18.5 Å². The monoisotopic (exact) mass is 1320 g/mol. The Morgan fingerprint density at radius 1 is 0.387 bits per heavy atom. The molecular formula is C82H159NO10. The molecule has 1 aliphatic heterocycles. The lowest BCUT2D eigenvalue weighted by atomic mass is 9.99. The summed E-state index contributed by atoms with van der Waals surface area (Å²) >= 11 is 0. The summed E-state index contributed by atoms with van der Waals surface area (Å²) in [6.45, 7) is 4.38. The van der Waals surface area contributed by atoms with E-state index in [4.69, 9.17) is 14.2 Å². The molecule has 0 saturated carbocycles. The van der Waals surface area contributed by atoms with Crippen LogP contribution in [0.15, 0.2) is 12.2 Å². The zero-order valence-corrected chi connectivity index (χ0v) is 61.8. The Morgan fingerprint density at radius 3 is 1.00 bits per heavy atom. The molecule has 0 aromatic rings. The molecular weight excluding hydrogens is 1160 g/mol. The molecule has 1 heterocycles. The Balaban J connectivity index is 1.81. The molecule has 0 aromatic carbocycles. The molecule has 0 radical (unpaired) electrons. The largest absolute Gasteiger partial charge is 0.466 e. The summed E-state index contributed by atoms with van der Waals surface area (Å²) < 4.78 is 16.8. The summed E-state index contributed by atoms with van der Waals surface area (Å²) in [5.74, 6) is -0.152. The number of carbonyl (C=O) groups excluding carboxylic acids is 2. The van der Waals surface area contributed by atoms with Gasteiger partial charge in [0.2, 0.25) is 5.91 Å². The van der Waals surface area contributed by atoms with Crippen LogP contribution in [-0.4, -0.2) is 100 Å². The molecule has 7 atom stereocenters. The average Bonchev–Trinajstić information content (AvgIpc) is 1.06. The normalized spacial score (nSPS) is 17.4. The van der Waals surface area contributed by atoms with Crippen molar-refractivity contribution in [1.82, 2.24) is 5.32 Å². The van der Waals surface area contributed by atoms with Crippen molar-refractivity contribution in [3.63, 3.8) is 0 Å². The van der Waals surface area contributed by atoms with Gasteiger partial charge in [0.25, 0.3) is 0 Å². The molecule has 0 aliphatic carbocycles. The molecule has 7 unspecified atom stereocenters. The average molecular weight is 1320 g/mol. The Hall–Kier alpha value is -1.60. The van der Waals surface area contributed by atoms with E-state index in [1.165, 1.54) is 360 Å². The van der Waals surface area contributed by atoms with E-state index in [2.05, 4.69) is 19.2 Å². The highest BCUT2D eigenvalue weighted by atomic mass is 16.7. The summed E-state index contributed by atoms with van der Waals surface area (Å²) in [6, 6.07) is -0.803. The predicted molar refractivity (Wildman–Crippen MR) is 394 cm³/mol. The summed E-state index contributed by atoms with van der Waals surface area (Å²) in [4.78, 5) is 25.2. The van der Waals surface area contributed by atoms with Crippen molar-refractivity contribution in [3.05, 3.63) is 12.2 Å². The molecule has 0 spiro atoms. The standard InChI is InChI=1S/C82H159NO10/c1-3-5-7-9-11-13-14-15-16-40-44-47-50-54-58-62-66-70-78(87)91-71-67-63-59-55-51-48-45-42-39-37-35-33-31-29-27-25-23-21-19-17-18-20-22-24-26-28-30-32-34-36-38-41-43-46-49-53-57-61-65-69-77(86)83-74(75(85)68-64-60-56-52-12-10-8-6-4-2)73-92-82-81(90)80(89)79(88)76(72-84)93-82/h64,68,74-76,79-82,84-85,88-90H,3-63,65-67,69-73H2,1-2H3,(H,83,86)/b68-64+. The van der Waals surface area contributed by atoms with Crippen molar-refractivity contribution in [3.8, 4) is 0 Å². The van der Waals surface area contributed by atoms with Crippen LogP contribution in [0.25, 0.3) is 0 Å². The maximum absolute atomic E-state index is 13.0. The van der Waals surface area contributed by atoms with Gasteiger partial charge in [-0.3, -0.25) is 9.59 Å². The van der Waals surface area contributed by atoms with Gasteiger partial charge in [0.15, 0.2) is 6.29 Å². The van der Waals surface area contributed by atoms with Gasteiger partial charge in [-0.1, -0.05) is 405 Å². The molecule has 93 heavy (non-hydrogen) atoms. The summed E-state index contributed by atoms with van der Waals surface area (Å²) in [7, 11) is 0. The van der Waals surface area contributed by atoms with E-state index >= 15 is 0 Å². The van der Waals surface area contributed by atoms with Gasteiger partial charge in [-0.05, 0) is 32.1 Å². The van der Waals surface area contributed by atoms with Gasteiger partial charge in [-0.15, -0.1) is 0 Å². The van der Waals surface area contributed by atoms with Crippen LogP contribution < -0.4 is 5.32 Å². The minimum atomic E-state index is -1.57. The Labute approximate surface area is 576 Å². The van der Waals surface area contributed by atoms with Gasteiger partial charge in [-0.25, -0.2) is 0 Å².